The standard InChI is InChI=1S/C19H17ClN2O2/c20-14-9-7-13(8-10-14)11-12-21-19(24)22-17-5-1-4-16-15(17)3-2-6-18(16)23/h1-10,23H,11-12H2,(H2,21,22,24). The van der Waals surface area contributed by atoms with Crippen LogP contribution in [0.1, 0.15) is 5.56 Å². The third-order valence-electron chi connectivity index (χ3n) is 3.76. The van der Waals surface area contributed by atoms with Gasteiger partial charge < -0.3 is 15.7 Å². The van der Waals surface area contributed by atoms with Crippen molar-refractivity contribution in [3.05, 3.63) is 71.2 Å². The number of anilines is 1. The number of benzene rings is 3. The molecule has 3 aromatic carbocycles. The topological polar surface area (TPSA) is 61.4 Å². The van der Waals surface area contributed by atoms with E-state index < -0.39 is 0 Å². The van der Waals surface area contributed by atoms with Gasteiger partial charge in [0.05, 0.1) is 5.69 Å². The second kappa shape index (κ2) is 7.23. The van der Waals surface area contributed by atoms with Crippen LogP contribution in [0.15, 0.2) is 60.7 Å². The third kappa shape index (κ3) is 3.78. The van der Waals surface area contributed by atoms with Gasteiger partial charge in [-0.2, -0.15) is 0 Å². The summed E-state index contributed by atoms with van der Waals surface area (Å²) in [5.41, 5.74) is 1.77. The van der Waals surface area contributed by atoms with Crippen molar-refractivity contribution in [2.75, 3.05) is 11.9 Å². The van der Waals surface area contributed by atoms with Gasteiger partial charge in [-0.1, -0.05) is 48.0 Å². The van der Waals surface area contributed by atoms with Crippen LogP contribution in [0.4, 0.5) is 10.5 Å². The Balaban J connectivity index is 1.61. The fraction of sp³-hybridized carbons (Fsp3) is 0.105. The summed E-state index contributed by atoms with van der Waals surface area (Å²) < 4.78 is 0. The number of carbonyl (C=O) groups is 1. The minimum Gasteiger partial charge on any atom is -0.507 e. The van der Waals surface area contributed by atoms with Crippen LogP contribution < -0.4 is 10.6 Å². The molecule has 0 saturated heterocycles. The Morgan fingerprint density at radius 3 is 2.46 bits per heavy atom. The van der Waals surface area contributed by atoms with E-state index in [4.69, 9.17) is 11.6 Å². The first-order valence-corrected chi connectivity index (χ1v) is 8.01. The average molecular weight is 341 g/mol. The smallest absolute Gasteiger partial charge is 0.319 e. The molecule has 0 radical (unpaired) electrons. The maximum Gasteiger partial charge on any atom is 0.319 e. The Hall–Kier alpha value is -2.72. The van der Waals surface area contributed by atoms with E-state index in [1.807, 2.05) is 36.4 Å². The molecule has 0 fully saturated rings. The first-order chi connectivity index (χ1) is 11.6. The number of nitrogens with one attached hydrogen (secondary N) is 2. The van der Waals surface area contributed by atoms with Gasteiger partial charge in [0.1, 0.15) is 5.75 Å². The van der Waals surface area contributed by atoms with Gasteiger partial charge in [0, 0.05) is 22.3 Å². The molecule has 0 aromatic heterocycles. The van der Waals surface area contributed by atoms with Gasteiger partial charge in [0.25, 0.3) is 0 Å². The lowest BCUT2D eigenvalue weighted by Gasteiger charge is -2.11. The minimum atomic E-state index is -0.278. The molecular weight excluding hydrogens is 324 g/mol. The van der Waals surface area contributed by atoms with E-state index in [0.717, 1.165) is 17.4 Å². The van der Waals surface area contributed by atoms with Gasteiger partial charge in [0.2, 0.25) is 0 Å². The fourth-order valence-corrected chi connectivity index (χ4v) is 2.67. The van der Waals surface area contributed by atoms with Crippen molar-refractivity contribution < 1.29 is 9.90 Å². The predicted molar refractivity (Wildman–Crippen MR) is 97.8 cm³/mol. The third-order valence-corrected chi connectivity index (χ3v) is 4.01. The summed E-state index contributed by atoms with van der Waals surface area (Å²) in [4.78, 5) is 12.1. The summed E-state index contributed by atoms with van der Waals surface area (Å²) >= 11 is 5.85. The Morgan fingerprint density at radius 2 is 1.67 bits per heavy atom. The summed E-state index contributed by atoms with van der Waals surface area (Å²) in [6.45, 7) is 0.517. The number of phenolic OH excluding ortho intramolecular Hbond substituents is 1. The highest BCUT2D eigenvalue weighted by Gasteiger charge is 2.07. The van der Waals surface area contributed by atoms with Crippen molar-refractivity contribution in [2.24, 2.45) is 0 Å². The maximum absolute atomic E-state index is 12.1. The number of halogens is 1. The van der Waals surface area contributed by atoms with Gasteiger partial charge in [0.15, 0.2) is 0 Å². The van der Waals surface area contributed by atoms with Crippen LogP contribution in [0.25, 0.3) is 10.8 Å². The highest BCUT2D eigenvalue weighted by molar-refractivity contribution is 6.30. The zero-order valence-corrected chi connectivity index (χ0v) is 13.7. The van der Waals surface area contributed by atoms with Crippen molar-refractivity contribution in [3.63, 3.8) is 0 Å². The first-order valence-electron chi connectivity index (χ1n) is 7.63. The molecule has 0 bridgehead atoms. The molecule has 2 amide bonds. The number of phenols is 1. The molecule has 0 heterocycles. The molecule has 3 aromatic rings. The predicted octanol–water partition coefficient (Wildman–Crippen LogP) is 4.56. The quantitative estimate of drug-likeness (QED) is 0.651. The molecule has 0 saturated carbocycles. The number of carbonyl (C=O) groups excluding carboxylic acids is 1. The van der Waals surface area contributed by atoms with E-state index in [2.05, 4.69) is 10.6 Å². The zero-order chi connectivity index (χ0) is 16.9. The summed E-state index contributed by atoms with van der Waals surface area (Å²) in [6.07, 6.45) is 0.723. The van der Waals surface area contributed by atoms with Crippen molar-refractivity contribution in [1.82, 2.24) is 5.32 Å². The number of urea groups is 1. The first kappa shape index (κ1) is 16.1. The molecule has 3 rings (SSSR count). The molecule has 5 heteroatoms. The van der Waals surface area contributed by atoms with Crippen molar-refractivity contribution >= 4 is 34.1 Å². The average Bonchev–Trinajstić information content (AvgIpc) is 2.58. The Bertz CT molecular complexity index is 863. The van der Waals surface area contributed by atoms with Crippen LogP contribution in [0.2, 0.25) is 5.02 Å². The molecule has 4 nitrogen and oxygen atoms in total. The van der Waals surface area contributed by atoms with Gasteiger partial charge in [-0.15, -0.1) is 0 Å². The van der Waals surface area contributed by atoms with Gasteiger partial charge >= 0.3 is 6.03 Å². The number of fused-ring (bicyclic) bond motifs is 1. The van der Waals surface area contributed by atoms with E-state index in [-0.39, 0.29) is 11.8 Å². The zero-order valence-electron chi connectivity index (χ0n) is 12.9. The van der Waals surface area contributed by atoms with Gasteiger partial charge in [-0.05, 0) is 36.2 Å². The molecule has 0 aliphatic carbocycles. The monoisotopic (exact) mass is 340 g/mol. The van der Waals surface area contributed by atoms with Crippen LogP contribution >= 0.6 is 11.6 Å². The number of hydrogen-bond acceptors (Lipinski definition) is 2. The van der Waals surface area contributed by atoms with E-state index in [1.54, 1.807) is 24.3 Å². The highest BCUT2D eigenvalue weighted by atomic mass is 35.5. The summed E-state index contributed by atoms with van der Waals surface area (Å²) in [5.74, 6) is 0.194. The number of hydrogen-bond donors (Lipinski definition) is 3. The van der Waals surface area contributed by atoms with E-state index in [1.165, 1.54) is 0 Å². The Morgan fingerprint density at radius 1 is 0.958 bits per heavy atom. The van der Waals surface area contributed by atoms with E-state index in [0.29, 0.717) is 22.6 Å². The van der Waals surface area contributed by atoms with Gasteiger partial charge in [-0.3, -0.25) is 0 Å². The minimum absolute atomic E-state index is 0.194. The van der Waals surface area contributed by atoms with E-state index in [9.17, 15) is 9.90 Å². The van der Waals surface area contributed by atoms with Crippen molar-refractivity contribution in [3.8, 4) is 5.75 Å². The van der Waals surface area contributed by atoms with E-state index >= 15 is 0 Å². The molecule has 0 unspecified atom stereocenters. The lowest BCUT2D eigenvalue weighted by molar-refractivity contribution is 0.252. The Kier molecular flexibility index (Phi) is 4.87. The van der Waals surface area contributed by atoms with Crippen LogP contribution in [-0.2, 0) is 6.42 Å². The number of aromatic hydroxyl groups is 1. The van der Waals surface area contributed by atoms with Crippen LogP contribution in [0.5, 0.6) is 5.75 Å². The Labute approximate surface area is 145 Å². The second-order valence-corrected chi connectivity index (χ2v) is 5.87. The molecule has 24 heavy (non-hydrogen) atoms. The fourth-order valence-electron chi connectivity index (χ4n) is 2.54. The summed E-state index contributed by atoms with van der Waals surface area (Å²) in [7, 11) is 0. The van der Waals surface area contributed by atoms with Crippen LogP contribution in [0, 0.1) is 0 Å². The van der Waals surface area contributed by atoms with Crippen molar-refractivity contribution in [1.29, 1.82) is 0 Å². The van der Waals surface area contributed by atoms with Crippen LogP contribution in [0.3, 0.4) is 0 Å². The molecule has 3 N–H and O–H groups in total. The molecule has 0 atom stereocenters. The second-order valence-electron chi connectivity index (χ2n) is 5.44. The lowest BCUT2D eigenvalue weighted by Crippen LogP contribution is -2.30. The van der Waals surface area contributed by atoms with Gasteiger partial charge in [-0.25, -0.2) is 4.79 Å². The molecule has 0 spiro atoms. The molecule has 0 aliphatic heterocycles. The maximum atomic E-state index is 12.1. The highest BCUT2D eigenvalue weighted by Crippen LogP contribution is 2.29. The van der Waals surface area contributed by atoms with Crippen LogP contribution in [-0.4, -0.2) is 17.7 Å². The molecular formula is C19H17ClN2O2. The summed E-state index contributed by atoms with van der Waals surface area (Å²) in [6, 6.07) is 17.9. The largest absolute Gasteiger partial charge is 0.507 e. The SMILES string of the molecule is O=C(NCCc1ccc(Cl)cc1)Nc1cccc2c(O)cccc12. The van der Waals surface area contributed by atoms with Crippen molar-refractivity contribution in [2.45, 2.75) is 6.42 Å². The molecule has 0 aliphatic rings. The normalized spacial score (nSPS) is 10.5. The molecule has 122 valence electrons. The number of rotatable bonds is 4. The number of amides is 2. The lowest BCUT2D eigenvalue weighted by atomic mass is 10.1. The summed E-state index contributed by atoms with van der Waals surface area (Å²) in [5, 5.41) is 17.7.